The summed E-state index contributed by atoms with van der Waals surface area (Å²) in [6.07, 6.45) is 15.3. The van der Waals surface area contributed by atoms with E-state index in [0.29, 0.717) is 5.92 Å². The minimum atomic E-state index is -4.67. The van der Waals surface area contributed by atoms with Crippen LogP contribution >= 0.6 is 0 Å². The molecule has 214 valence electrons. The largest absolute Gasteiger partial charge is 0.507 e. The Balaban J connectivity index is 1.28. The smallest absolute Gasteiger partial charge is 0.420 e. The maximum atomic E-state index is 14.0. The summed E-state index contributed by atoms with van der Waals surface area (Å²) in [6.45, 7) is 3.88. The normalized spacial score (nSPS) is 30.8. The van der Waals surface area contributed by atoms with Crippen molar-refractivity contribution in [2.24, 2.45) is 29.6 Å². The number of halogens is 3. The SMILES string of the molecule is CCCCCC1CCC(C2CCC(C3CCC(c4ccc(C(=O)CC)c(O)c4C(F)(F)F)CC3)CC2)CC1. The number of hydrogen-bond acceptors (Lipinski definition) is 2. The van der Waals surface area contributed by atoms with Gasteiger partial charge in [-0.15, -0.1) is 0 Å². The van der Waals surface area contributed by atoms with Crippen molar-refractivity contribution in [1.29, 1.82) is 0 Å². The standard InChI is InChI=1S/C33H49F3O2/c1-3-5-6-7-22-8-10-23(11-9-22)24-12-14-25(15-13-24)26-16-18-27(19-17-26)28-20-21-29(30(37)4-2)32(38)31(28)33(34,35)36/h20-27,38H,3-19H2,1-2H3. The van der Waals surface area contributed by atoms with Crippen LogP contribution in [0.25, 0.3) is 0 Å². The molecule has 0 aliphatic heterocycles. The summed E-state index contributed by atoms with van der Waals surface area (Å²) in [4.78, 5) is 12.1. The second-order valence-corrected chi connectivity index (χ2v) is 12.8. The van der Waals surface area contributed by atoms with E-state index < -0.39 is 23.3 Å². The summed E-state index contributed by atoms with van der Waals surface area (Å²) in [5.74, 6) is 2.57. The zero-order valence-corrected chi connectivity index (χ0v) is 23.6. The Bertz CT molecular complexity index is 900. The Morgan fingerprint density at radius 2 is 1.29 bits per heavy atom. The van der Waals surface area contributed by atoms with Gasteiger partial charge in [0.15, 0.2) is 5.78 Å². The summed E-state index contributed by atoms with van der Waals surface area (Å²) in [5.41, 5.74) is -1.02. The van der Waals surface area contributed by atoms with E-state index in [1.165, 1.54) is 89.2 Å². The summed E-state index contributed by atoms with van der Waals surface area (Å²) < 4.78 is 42.0. The average Bonchev–Trinajstić information content (AvgIpc) is 2.92. The predicted octanol–water partition coefficient (Wildman–Crippen LogP) is 10.5. The summed E-state index contributed by atoms with van der Waals surface area (Å²) >= 11 is 0. The van der Waals surface area contributed by atoms with Crippen LogP contribution in [0, 0.1) is 29.6 Å². The number of carbonyl (C=O) groups is 1. The van der Waals surface area contributed by atoms with Crippen molar-refractivity contribution in [3.63, 3.8) is 0 Å². The molecule has 3 fully saturated rings. The highest BCUT2D eigenvalue weighted by Gasteiger charge is 2.41. The molecule has 4 rings (SSSR count). The Morgan fingerprint density at radius 1 is 0.789 bits per heavy atom. The van der Waals surface area contributed by atoms with Crippen LogP contribution in [0.15, 0.2) is 12.1 Å². The summed E-state index contributed by atoms with van der Waals surface area (Å²) in [5, 5.41) is 10.4. The Morgan fingerprint density at radius 3 is 1.76 bits per heavy atom. The van der Waals surface area contributed by atoms with Gasteiger partial charge in [0.25, 0.3) is 0 Å². The van der Waals surface area contributed by atoms with Crippen molar-refractivity contribution in [1.82, 2.24) is 0 Å². The van der Waals surface area contributed by atoms with Crippen LogP contribution in [-0.2, 0) is 6.18 Å². The Labute approximate surface area is 228 Å². The molecular formula is C33H49F3O2. The maximum absolute atomic E-state index is 14.0. The van der Waals surface area contributed by atoms with Crippen LogP contribution < -0.4 is 0 Å². The van der Waals surface area contributed by atoms with Gasteiger partial charge in [0, 0.05) is 6.42 Å². The topological polar surface area (TPSA) is 37.3 Å². The number of ketones is 1. The first-order chi connectivity index (χ1) is 18.2. The third-order valence-electron chi connectivity index (χ3n) is 10.6. The molecule has 38 heavy (non-hydrogen) atoms. The van der Waals surface area contributed by atoms with Crippen LogP contribution in [0.5, 0.6) is 5.75 Å². The first kappa shape index (κ1) is 29.5. The Hall–Kier alpha value is -1.52. The third kappa shape index (κ3) is 6.97. The van der Waals surface area contributed by atoms with Crippen LogP contribution in [0.4, 0.5) is 13.2 Å². The van der Waals surface area contributed by atoms with Gasteiger partial charge in [-0.25, -0.2) is 0 Å². The zero-order chi connectivity index (χ0) is 27.3. The van der Waals surface area contributed by atoms with E-state index in [-0.39, 0.29) is 23.5 Å². The molecule has 1 aromatic carbocycles. The van der Waals surface area contributed by atoms with Gasteiger partial charge < -0.3 is 5.11 Å². The number of carbonyl (C=O) groups excluding carboxylic acids is 1. The molecule has 0 saturated heterocycles. The number of alkyl halides is 3. The molecular weight excluding hydrogens is 485 g/mol. The van der Waals surface area contributed by atoms with Crippen molar-refractivity contribution in [3.05, 3.63) is 28.8 Å². The molecule has 3 aliphatic carbocycles. The quantitative estimate of drug-likeness (QED) is 0.253. The second kappa shape index (κ2) is 13.2. The Kier molecular flexibility index (Phi) is 10.3. The van der Waals surface area contributed by atoms with Crippen molar-refractivity contribution in [2.45, 2.75) is 135 Å². The molecule has 0 spiro atoms. The fraction of sp³-hybridized carbons (Fsp3) is 0.788. The molecule has 0 unspecified atom stereocenters. The lowest BCUT2D eigenvalue weighted by Crippen LogP contribution is -2.29. The zero-order valence-electron chi connectivity index (χ0n) is 23.6. The highest BCUT2D eigenvalue weighted by Crippen LogP contribution is 2.50. The molecule has 5 heteroatoms. The lowest BCUT2D eigenvalue weighted by atomic mass is 9.64. The second-order valence-electron chi connectivity index (χ2n) is 12.8. The van der Waals surface area contributed by atoms with E-state index in [1.807, 2.05) is 0 Å². The van der Waals surface area contributed by atoms with E-state index in [9.17, 15) is 23.1 Å². The average molecular weight is 535 g/mol. The number of benzene rings is 1. The predicted molar refractivity (Wildman–Crippen MR) is 147 cm³/mol. The van der Waals surface area contributed by atoms with Gasteiger partial charge in [0.1, 0.15) is 11.3 Å². The molecule has 0 amide bonds. The lowest BCUT2D eigenvalue weighted by molar-refractivity contribution is -0.139. The van der Waals surface area contributed by atoms with Gasteiger partial charge in [-0.2, -0.15) is 13.2 Å². The first-order valence-electron chi connectivity index (χ1n) is 15.7. The fourth-order valence-electron chi connectivity index (χ4n) is 8.28. The highest BCUT2D eigenvalue weighted by atomic mass is 19.4. The molecule has 0 aromatic heterocycles. The van der Waals surface area contributed by atoms with Gasteiger partial charge in [-0.3, -0.25) is 4.79 Å². The molecule has 1 aromatic rings. The van der Waals surface area contributed by atoms with Gasteiger partial charge in [-0.1, -0.05) is 58.4 Å². The van der Waals surface area contributed by atoms with Gasteiger partial charge in [-0.05, 0) is 111 Å². The van der Waals surface area contributed by atoms with Crippen LogP contribution in [0.1, 0.15) is 150 Å². The number of phenols is 1. The minimum Gasteiger partial charge on any atom is -0.507 e. The van der Waals surface area contributed by atoms with Gasteiger partial charge in [0.05, 0.1) is 5.56 Å². The molecule has 1 N–H and O–H groups in total. The van der Waals surface area contributed by atoms with E-state index in [1.54, 1.807) is 6.92 Å². The number of hydrogen-bond donors (Lipinski definition) is 1. The summed E-state index contributed by atoms with van der Waals surface area (Å²) in [7, 11) is 0. The third-order valence-corrected chi connectivity index (χ3v) is 10.6. The highest BCUT2D eigenvalue weighted by molar-refractivity contribution is 5.99. The first-order valence-corrected chi connectivity index (χ1v) is 15.7. The number of unbranched alkanes of at least 4 members (excludes halogenated alkanes) is 2. The van der Waals surface area contributed by atoms with Gasteiger partial charge >= 0.3 is 6.18 Å². The molecule has 0 bridgehead atoms. The molecule has 0 atom stereocenters. The number of rotatable bonds is 9. The maximum Gasteiger partial charge on any atom is 0.420 e. The van der Waals surface area contributed by atoms with E-state index >= 15 is 0 Å². The molecule has 0 heterocycles. The number of phenolic OH excluding ortho intramolecular Hbond substituents is 1. The van der Waals surface area contributed by atoms with Gasteiger partial charge in [0.2, 0.25) is 0 Å². The fourth-order valence-corrected chi connectivity index (χ4v) is 8.28. The van der Waals surface area contributed by atoms with Crippen molar-refractivity contribution >= 4 is 5.78 Å². The minimum absolute atomic E-state index is 0.0673. The van der Waals surface area contributed by atoms with E-state index in [4.69, 9.17) is 0 Å². The van der Waals surface area contributed by atoms with Crippen molar-refractivity contribution in [3.8, 4) is 5.75 Å². The molecule has 3 saturated carbocycles. The van der Waals surface area contributed by atoms with E-state index in [2.05, 4.69) is 6.92 Å². The van der Waals surface area contributed by atoms with Crippen molar-refractivity contribution < 1.29 is 23.1 Å². The molecule has 3 aliphatic rings. The monoisotopic (exact) mass is 534 g/mol. The molecule has 2 nitrogen and oxygen atoms in total. The summed E-state index contributed by atoms with van der Waals surface area (Å²) in [6, 6.07) is 2.86. The van der Waals surface area contributed by atoms with Crippen LogP contribution in [0.3, 0.4) is 0 Å². The van der Waals surface area contributed by atoms with Crippen LogP contribution in [0.2, 0.25) is 0 Å². The van der Waals surface area contributed by atoms with Crippen LogP contribution in [-0.4, -0.2) is 10.9 Å². The number of Topliss-reactive ketones (excluding diaryl/α,β-unsaturated/α-hetero) is 1. The molecule has 0 radical (unpaired) electrons. The van der Waals surface area contributed by atoms with E-state index in [0.717, 1.165) is 49.4 Å². The van der Waals surface area contributed by atoms with Crippen molar-refractivity contribution in [2.75, 3.05) is 0 Å². The lowest BCUT2D eigenvalue weighted by Gasteiger charge is -2.41. The number of aromatic hydroxyl groups is 1.